The normalized spacial score (nSPS) is 10.9. The predicted octanol–water partition coefficient (Wildman–Crippen LogP) is 2.99. The van der Waals surface area contributed by atoms with Crippen molar-refractivity contribution >= 4 is 6.08 Å². The van der Waals surface area contributed by atoms with Crippen molar-refractivity contribution in [2.45, 2.75) is 27.2 Å². The van der Waals surface area contributed by atoms with Gasteiger partial charge in [-0.05, 0) is 37.5 Å². The Morgan fingerprint density at radius 3 is 2.83 bits per heavy atom. The van der Waals surface area contributed by atoms with Crippen LogP contribution in [0, 0.1) is 6.92 Å². The quantitative estimate of drug-likeness (QED) is 0.649. The summed E-state index contributed by atoms with van der Waals surface area (Å²) in [5.41, 5.74) is 3.71. The average Bonchev–Trinajstić information content (AvgIpc) is 2.08. The molecule has 0 bridgehead atoms. The Hall–Kier alpha value is -1.11. The Bertz CT molecular complexity index is 287. The molecule has 1 aromatic rings. The Morgan fingerprint density at radius 2 is 2.25 bits per heavy atom. The molecular formula is C11H15N. The van der Waals surface area contributed by atoms with E-state index in [4.69, 9.17) is 0 Å². The van der Waals surface area contributed by atoms with Gasteiger partial charge in [0.25, 0.3) is 0 Å². The highest BCUT2D eigenvalue weighted by Gasteiger charge is 1.97. The number of pyridine rings is 1. The third kappa shape index (κ3) is 1.94. The molecule has 0 aliphatic carbocycles. The molecule has 0 aromatic carbocycles. The second-order valence-corrected chi connectivity index (χ2v) is 2.88. The van der Waals surface area contributed by atoms with E-state index in [2.05, 4.69) is 24.1 Å². The lowest BCUT2D eigenvalue weighted by atomic mass is 10.1. The summed E-state index contributed by atoms with van der Waals surface area (Å²) in [6.07, 6.45) is 7.16. The first-order chi connectivity index (χ1) is 5.77. The molecule has 1 rings (SSSR count). The smallest absolute Gasteiger partial charge is 0.0375 e. The molecule has 1 aromatic heterocycles. The molecule has 0 aliphatic heterocycles. The van der Waals surface area contributed by atoms with Gasteiger partial charge in [0, 0.05) is 11.9 Å². The number of rotatable bonds is 2. The second kappa shape index (κ2) is 4.05. The van der Waals surface area contributed by atoms with Gasteiger partial charge in [0.15, 0.2) is 0 Å². The topological polar surface area (TPSA) is 12.9 Å². The van der Waals surface area contributed by atoms with Gasteiger partial charge in [-0.25, -0.2) is 0 Å². The highest BCUT2D eigenvalue weighted by atomic mass is 14.7. The first-order valence-electron chi connectivity index (χ1n) is 4.36. The van der Waals surface area contributed by atoms with Crippen molar-refractivity contribution in [2.24, 2.45) is 0 Å². The minimum absolute atomic E-state index is 1.07. The lowest BCUT2D eigenvalue weighted by Crippen LogP contribution is -1.90. The molecule has 0 fully saturated rings. The summed E-state index contributed by atoms with van der Waals surface area (Å²) >= 11 is 0. The third-order valence-corrected chi connectivity index (χ3v) is 1.89. The second-order valence-electron chi connectivity index (χ2n) is 2.88. The molecule has 0 saturated heterocycles. The lowest BCUT2D eigenvalue weighted by molar-refractivity contribution is 1.08. The van der Waals surface area contributed by atoms with Crippen LogP contribution >= 0.6 is 0 Å². The predicted molar refractivity (Wildman–Crippen MR) is 53.1 cm³/mol. The number of hydrogen-bond acceptors (Lipinski definition) is 1. The molecule has 0 aliphatic rings. The van der Waals surface area contributed by atoms with Crippen molar-refractivity contribution in [2.75, 3.05) is 0 Å². The van der Waals surface area contributed by atoms with Crippen LogP contribution in [0.1, 0.15) is 30.7 Å². The van der Waals surface area contributed by atoms with Gasteiger partial charge >= 0.3 is 0 Å². The molecule has 1 heterocycles. The van der Waals surface area contributed by atoms with Crippen molar-refractivity contribution < 1.29 is 0 Å². The van der Waals surface area contributed by atoms with E-state index in [9.17, 15) is 0 Å². The van der Waals surface area contributed by atoms with Crippen molar-refractivity contribution in [1.82, 2.24) is 4.98 Å². The van der Waals surface area contributed by atoms with E-state index >= 15 is 0 Å². The van der Waals surface area contributed by atoms with E-state index in [0.717, 1.165) is 12.1 Å². The minimum atomic E-state index is 1.07. The number of allylic oxidation sites excluding steroid dienone is 1. The van der Waals surface area contributed by atoms with E-state index in [0.29, 0.717) is 0 Å². The molecule has 0 radical (unpaired) electrons. The summed E-state index contributed by atoms with van der Waals surface area (Å²) < 4.78 is 0. The molecule has 0 saturated carbocycles. The average molecular weight is 161 g/mol. The zero-order chi connectivity index (χ0) is 8.97. The number of hydrogen-bond donors (Lipinski definition) is 0. The Morgan fingerprint density at radius 1 is 1.50 bits per heavy atom. The SMILES string of the molecule is C/C=C\c1cnc(C)cc1CC. The Labute approximate surface area is 74.2 Å². The van der Waals surface area contributed by atoms with Gasteiger partial charge in [-0.2, -0.15) is 0 Å². The van der Waals surface area contributed by atoms with Gasteiger partial charge in [-0.3, -0.25) is 4.98 Å². The standard InChI is InChI=1S/C11H15N/c1-4-6-11-8-12-9(3)7-10(11)5-2/h4,6-8H,5H2,1-3H3/b6-4-. The summed E-state index contributed by atoms with van der Waals surface area (Å²) in [5.74, 6) is 0. The van der Waals surface area contributed by atoms with E-state index in [1.165, 1.54) is 11.1 Å². The molecule has 0 N–H and O–H groups in total. The van der Waals surface area contributed by atoms with Crippen molar-refractivity contribution in [3.63, 3.8) is 0 Å². The van der Waals surface area contributed by atoms with E-state index < -0.39 is 0 Å². The van der Waals surface area contributed by atoms with E-state index in [1.807, 2.05) is 26.1 Å². The number of aryl methyl sites for hydroxylation is 2. The van der Waals surface area contributed by atoms with Crippen LogP contribution in [-0.4, -0.2) is 4.98 Å². The van der Waals surface area contributed by atoms with Crippen LogP contribution in [0.4, 0.5) is 0 Å². The molecule has 12 heavy (non-hydrogen) atoms. The molecule has 0 spiro atoms. The maximum atomic E-state index is 4.26. The molecule has 0 unspecified atom stereocenters. The van der Waals surface area contributed by atoms with E-state index in [1.54, 1.807) is 0 Å². The van der Waals surface area contributed by atoms with Crippen molar-refractivity contribution in [3.8, 4) is 0 Å². The number of nitrogens with zero attached hydrogens (tertiary/aromatic N) is 1. The zero-order valence-corrected chi connectivity index (χ0v) is 7.96. The van der Waals surface area contributed by atoms with Gasteiger partial charge in [0.2, 0.25) is 0 Å². The van der Waals surface area contributed by atoms with Gasteiger partial charge in [0.1, 0.15) is 0 Å². The fourth-order valence-corrected chi connectivity index (χ4v) is 1.26. The molecule has 1 heteroatoms. The summed E-state index contributed by atoms with van der Waals surface area (Å²) in [6, 6.07) is 2.15. The van der Waals surface area contributed by atoms with Crippen LogP contribution < -0.4 is 0 Å². The van der Waals surface area contributed by atoms with Gasteiger partial charge in [-0.15, -0.1) is 0 Å². The van der Waals surface area contributed by atoms with Crippen molar-refractivity contribution in [3.05, 3.63) is 35.2 Å². The Kier molecular flexibility index (Phi) is 3.03. The number of aromatic nitrogens is 1. The van der Waals surface area contributed by atoms with Gasteiger partial charge in [0.05, 0.1) is 0 Å². The van der Waals surface area contributed by atoms with Gasteiger partial charge < -0.3 is 0 Å². The fourth-order valence-electron chi connectivity index (χ4n) is 1.26. The molecular weight excluding hydrogens is 146 g/mol. The first-order valence-corrected chi connectivity index (χ1v) is 4.36. The molecule has 64 valence electrons. The highest BCUT2D eigenvalue weighted by Crippen LogP contribution is 2.11. The maximum Gasteiger partial charge on any atom is 0.0375 e. The first kappa shape index (κ1) is 8.98. The van der Waals surface area contributed by atoms with Crippen LogP contribution in [0.15, 0.2) is 18.3 Å². The summed E-state index contributed by atoms with van der Waals surface area (Å²) in [4.78, 5) is 4.26. The molecule has 0 amide bonds. The fraction of sp³-hybridized carbons (Fsp3) is 0.364. The monoisotopic (exact) mass is 161 g/mol. The third-order valence-electron chi connectivity index (χ3n) is 1.89. The zero-order valence-electron chi connectivity index (χ0n) is 7.96. The summed E-state index contributed by atoms with van der Waals surface area (Å²) in [7, 11) is 0. The molecule has 0 atom stereocenters. The highest BCUT2D eigenvalue weighted by molar-refractivity contribution is 5.52. The van der Waals surface area contributed by atoms with Crippen LogP contribution in [0.5, 0.6) is 0 Å². The largest absolute Gasteiger partial charge is 0.261 e. The van der Waals surface area contributed by atoms with Crippen LogP contribution in [0.3, 0.4) is 0 Å². The van der Waals surface area contributed by atoms with Crippen LogP contribution in [0.25, 0.3) is 6.08 Å². The minimum Gasteiger partial charge on any atom is -0.261 e. The Balaban J connectivity index is 3.10. The van der Waals surface area contributed by atoms with E-state index in [-0.39, 0.29) is 0 Å². The van der Waals surface area contributed by atoms with Gasteiger partial charge in [-0.1, -0.05) is 19.1 Å². The van der Waals surface area contributed by atoms with Crippen molar-refractivity contribution in [1.29, 1.82) is 0 Å². The lowest BCUT2D eigenvalue weighted by Gasteiger charge is -2.02. The molecule has 1 nitrogen and oxygen atoms in total. The summed E-state index contributed by atoms with van der Waals surface area (Å²) in [5, 5.41) is 0. The maximum absolute atomic E-state index is 4.26. The van der Waals surface area contributed by atoms with Crippen LogP contribution in [0.2, 0.25) is 0 Å². The van der Waals surface area contributed by atoms with Crippen LogP contribution in [-0.2, 0) is 6.42 Å². The summed E-state index contributed by atoms with van der Waals surface area (Å²) in [6.45, 7) is 6.22.